The lowest BCUT2D eigenvalue weighted by Gasteiger charge is -2.47. The monoisotopic (exact) mass is 1160 g/mol. The molecule has 0 spiro atoms. The van der Waals surface area contributed by atoms with E-state index in [1.807, 2.05) is 6.92 Å². The van der Waals surface area contributed by atoms with Gasteiger partial charge < -0.3 is 116 Å². The molecule has 0 aromatic carbocycles. The second kappa shape index (κ2) is 33.7. The highest BCUT2D eigenvalue weighted by atomic mass is 16.7. The van der Waals surface area contributed by atoms with Crippen molar-refractivity contribution in [3.8, 4) is 0 Å². The van der Waals surface area contributed by atoms with E-state index in [9.17, 15) is 91.3 Å². The molecule has 4 rings (SSSR count). The average molecular weight is 1160 g/mol. The van der Waals surface area contributed by atoms with E-state index in [4.69, 9.17) is 23.7 Å². The Hall–Kier alpha value is -3.72. The second-order valence-electron chi connectivity index (χ2n) is 21.8. The third kappa shape index (κ3) is 22.0. The lowest BCUT2D eigenvalue weighted by Crippen LogP contribution is -2.69. The maximum Gasteiger partial charge on any atom is 0.308 e. The van der Waals surface area contributed by atoms with E-state index < -0.39 is 210 Å². The summed E-state index contributed by atoms with van der Waals surface area (Å²) in [5, 5.41) is 178. The number of carbonyl (C=O) groups excluding carboxylic acids is 2. The molecular formula is C56H90N2O23. The molecule has 0 aliphatic carbocycles. The first kappa shape index (κ1) is 69.8. The fraction of sp³-hybridized carbons (Fsp3) is 0.714. The molecule has 0 radical (unpaired) electrons. The van der Waals surface area contributed by atoms with Crippen LogP contribution in [0.25, 0.3) is 0 Å². The van der Waals surface area contributed by atoms with Crippen LogP contribution in [0.2, 0.25) is 0 Å². The van der Waals surface area contributed by atoms with Crippen molar-refractivity contribution >= 4 is 11.9 Å². The predicted octanol–water partition coefficient (Wildman–Crippen LogP) is -3.47. The summed E-state index contributed by atoms with van der Waals surface area (Å²) < 4.78 is 29.1. The van der Waals surface area contributed by atoms with Gasteiger partial charge in [-0.3, -0.25) is 9.59 Å². The molecule has 0 aromatic heterocycles. The van der Waals surface area contributed by atoms with Gasteiger partial charge in [-0.2, -0.15) is 0 Å². The third-order valence-electron chi connectivity index (χ3n) is 15.0. The van der Waals surface area contributed by atoms with Crippen molar-refractivity contribution in [3.63, 3.8) is 0 Å². The van der Waals surface area contributed by atoms with Gasteiger partial charge in [0.1, 0.15) is 30.5 Å². The van der Waals surface area contributed by atoms with Gasteiger partial charge in [-0.25, -0.2) is 0 Å². The van der Waals surface area contributed by atoms with E-state index >= 15 is 0 Å². The minimum atomic E-state index is -2.49. The first-order chi connectivity index (χ1) is 38.2. The topological polar surface area (TPSA) is 428 Å². The summed E-state index contributed by atoms with van der Waals surface area (Å²) in [5.74, 6) is -8.93. The van der Waals surface area contributed by atoms with Crippen LogP contribution in [0.15, 0.2) is 85.1 Å². The molecule has 3 saturated heterocycles. The highest BCUT2D eigenvalue weighted by Crippen LogP contribution is 2.38. The van der Waals surface area contributed by atoms with Crippen molar-refractivity contribution in [1.29, 1.82) is 0 Å². The molecule has 24 atom stereocenters. The smallest absolute Gasteiger partial charge is 0.308 e. The Labute approximate surface area is 472 Å². The van der Waals surface area contributed by atoms with E-state index in [2.05, 4.69) is 10.6 Å². The van der Waals surface area contributed by atoms with E-state index in [1.54, 1.807) is 86.8 Å². The summed E-state index contributed by atoms with van der Waals surface area (Å²) in [7, 11) is 0. The molecule has 4 unspecified atom stereocenters. The molecule has 25 heteroatoms. The Morgan fingerprint density at radius 3 is 1.90 bits per heavy atom. The van der Waals surface area contributed by atoms with Gasteiger partial charge in [0.05, 0.1) is 111 Å². The van der Waals surface area contributed by atoms with Gasteiger partial charge in [0.2, 0.25) is 11.7 Å². The highest BCUT2D eigenvalue weighted by molar-refractivity contribution is 5.80. The van der Waals surface area contributed by atoms with Crippen LogP contribution in [0.5, 0.6) is 0 Å². The SMILES string of the molecule is C[C@@H]1[C@H](O)[C@@H](C)/C=C/C=C/C=C/C=C/C=C/C=C/C=C/[C@H](OC2O[C@H](C)[C@@H](O)[C@H](NC[C@@]3(O)OC[C@@H](O)[C@@H](O)[C@@H]3O)[C@@H]2O)CC2O[C@](O)(C[C@@H](O)C[C@@H](O)[C@H](O)CC[C@@H](O)C[C@@H](O)CC(=O)O[C@H]1C)C[C@H](O)C2C(=O)NCC(O)CO. The maximum atomic E-state index is 13.8. The molecule has 2 bridgehead atoms. The number of fused-ring (bicyclic) bond motifs is 2. The number of aliphatic hydroxyl groups excluding tert-OH is 14. The summed E-state index contributed by atoms with van der Waals surface area (Å²) in [5.41, 5.74) is 0. The van der Waals surface area contributed by atoms with Crippen molar-refractivity contribution in [2.24, 2.45) is 17.8 Å². The molecule has 1 amide bonds. The fourth-order valence-electron chi connectivity index (χ4n) is 9.91. The largest absolute Gasteiger partial charge is 0.462 e. The van der Waals surface area contributed by atoms with E-state index in [-0.39, 0.29) is 25.2 Å². The van der Waals surface area contributed by atoms with Gasteiger partial charge in [0, 0.05) is 44.1 Å². The quantitative estimate of drug-likeness (QED) is 0.0998. The van der Waals surface area contributed by atoms with Crippen molar-refractivity contribution in [1.82, 2.24) is 10.6 Å². The average Bonchev–Trinajstić information content (AvgIpc) is 3.41. The van der Waals surface area contributed by atoms with Crippen molar-refractivity contribution < 1.29 is 115 Å². The Kier molecular flexibility index (Phi) is 29.0. The number of esters is 1. The predicted molar refractivity (Wildman–Crippen MR) is 288 cm³/mol. The Morgan fingerprint density at radius 1 is 0.679 bits per heavy atom. The minimum Gasteiger partial charge on any atom is -0.462 e. The van der Waals surface area contributed by atoms with Crippen LogP contribution in [0.3, 0.4) is 0 Å². The van der Waals surface area contributed by atoms with Crippen molar-refractivity contribution in [3.05, 3.63) is 85.1 Å². The molecule has 0 saturated carbocycles. The van der Waals surface area contributed by atoms with Crippen molar-refractivity contribution in [2.45, 2.75) is 207 Å². The molecule has 4 heterocycles. The summed E-state index contributed by atoms with van der Waals surface area (Å²) in [6.07, 6.45) is -6.03. The first-order valence-corrected chi connectivity index (χ1v) is 27.6. The van der Waals surface area contributed by atoms with Gasteiger partial charge in [-0.15, -0.1) is 0 Å². The Balaban J connectivity index is 1.65. The van der Waals surface area contributed by atoms with E-state index in [1.165, 1.54) is 19.1 Å². The number of carbonyl (C=O) groups is 2. The molecule has 0 aromatic rings. The van der Waals surface area contributed by atoms with Gasteiger partial charge in [-0.1, -0.05) is 98.9 Å². The number of rotatable bonds is 9. The van der Waals surface area contributed by atoms with E-state index in [0.717, 1.165) is 0 Å². The number of nitrogens with one attached hydrogen (secondary N) is 2. The zero-order chi connectivity index (χ0) is 60.2. The summed E-state index contributed by atoms with van der Waals surface area (Å²) >= 11 is 0. The van der Waals surface area contributed by atoms with Crippen LogP contribution in [0.4, 0.5) is 0 Å². The Bertz CT molecular complexity index is 2110. The lowest BCUT2D eigenvalue weighted by atomic mass is 9.82. The maximum absolute atomic E-state index is 13.8. The molecule has 4 aliphatic rings. The highest BCUT2D eigenvalue weighted by Gasteiger charge is 2.53. The van der Waals surface area contributed by atoms with Crippen LogP contribution >= 0.6 is 0 Å². The molecular weight excluding hydrogens is 1070 g/mol. The first-order valence-electron chi connectivity index (χ1n) is 27.6. The molecule has 25 nitrogen and oxygen atoms in total. The summed E-state index contributed by atoms with van der Waals surface area (Å²) in [6, 6.07) is -1.38. The standard InChI is InChI=1S/C56H90N2O23/c1-31-17-15-13-11-9-7-5-6-8-10-12-14-16-18-39(80-54-51(72)47(49(70)34(4)79-54)58-30-56(76)52(73)50(71)43(67)29-77-56)24-44-46(53(74)57-27-38(63)28-59)42(66)26-55(75,81-44)25-37(62)22-41(65)40(64)20-19-35(60)21-36(61)23-45(68)78-33(3)32(2)48(31)69/h5-18,31-44,46-52,54,58-67,69-73,75-76H,19-30H2,1-4H3,(H,57,74)/b6-5+,9-7+,10-8+,13-11+,14-12+,17-15+,18-16+/t31-,32-,33-,34+,35+,36+,37-,38?,39-,40+,41+,42-,43+,44?,46?,47-,48+,49+,50+,51-,52-,54?,55+,56+/m0/s1. The summed E-state index contributed by atoms with van der Waals surface area (Å²) in [4.78, 5) is 26.6. The molecule has 81 heavy (non-hydrogen) atoms. The zero-order valence-electron chi connectivity index (χ0n) is 46.3. The number of hydrogen-bond acceptors (Lipinski definition) is 24. The van der Waals surface area contributed by atoms with Gasteiger partial charge in [-0.05, 0) is 33.1 Å². The van der Waals surface area contributed by atoms with E-state index in [0.29, 0.717) is 0 Å². The molecule has 3 fully saturated rings. The van der Waals surface area contributed by atoms with Gasteiger partial charge >= 0.3 is 5.97 Å². The lowest BCUT2D eigenvalue weighted by molar-refractivity contribution is -0.323. The van der Waals surface area contributed by atoms with Gasteiger partial charge in [0.25, 0.3) is 0 Å². The van der Waals surface area contributed by atoms with Crippen LogP contribution < -0.4 is 10.6 Å². The van der Waals surface area contributed by atoms with Crippen LogP contribution in [-0.2, 0) is 33.3 Å². The molecule has 462 valence electrons. The number of cyclic esters (lactones) is 1. The second-order valence-corrected chi connectivity index (χ2v) is 21.8. The number of aliphatic hydroxyl groups is 16. The van der Waals surface area contributed by atoms with Crippen LogP contribution in [0, 0.1) is 17.8 Å². The number of ether oxygens (including phenoxy) is 5. The van der Waals surface area contributed by atoms with Crippen LogP contribution in [-0.4, -0.2) is 248 Å². The van der Waals surface area contributed by atoms with Gasteiger partial charge in [0.15, 0.2) is 12.1 Å². The number of allylic oxidation sites excluding steroid dienone is 12. The zero-order valence-corrected chi connectivity index (χ0v) is 46.3. The summed E-state index contributed by atoms with van der Waals surface area (Å²) in [6.45, 7) is 4.17. The fourth-order valence-corrected chi connectivity index (χ4v) is 9.91. The normalized spacial score (nSPS) is 45.0. The molecule has 18 N–H and O–H groups in total. The molecule has 4 aliphatic heterocycles. The Morgan fingerprint density at radius 2 is 1.28 bits per heavy atom. The third-order valence-corrected chi connectivity index (χ3v) is 15.0. The van der Waals surface area contributed by atoms with Crippen LogP contribution in [0.1, 0.15) is 79.1 Å². The minimum absolute atomic E-state index is 0.156. The van der Waals surface area contributed by atoms with Crippen molar-refractivity contribution in [2.75, 3.05) is 26.3 Å². The number of amides is 1. The number of hydrogen-bond donors (Lipinski definition) is 18.